The van der Waals surface area contributed by atoms with E-state index in [9.17, 15) is 4.79 Å². The molecular weight excluding hydrogens is 318 g/mol. The molecule has 0 radical (unpaired) electrons. The van der Waals surface area contributed by atoms with Crippen molar-refractivity contribution in [2.75, 3.05) is 23.3 Å². The Hall–Kier alpha value is -1.88. The first kappa shape index (κ1) is 17.0. The molecule has 0 saturated carbocycles. The van der Waals surface area contributed by atoms with Gasteiger partial charge in [0.2, 0.25) is 5.91 Å². The Kier molecular flexibility index (Phi) is 4.90. The van der Waals surface area contributed by atoms with Crippen molar-refractivity contribution in [3.05, 3.63) is 29.6 Å². The average molecular weight is 343 g/mol. The second-order valence-electron chi connectivity index (χ2n) is 7.57. The summed E-state index contributed by atoms with van der Waals surface area (Å²) >= 11 is 1.71. The molecule has 0 atom stereocenters. The van der Waals surface area contributed by atoms with Crippen molar-refractivity contribution in [3.63, 3.8) is 0 Å². The summed E-state index contributed by atoms with van der Waals surface area (Å²) in [5.74, 6) is 0.0558. The van der Waals surface area contributed by atoms with Crippen molar-refractivity contribution in [1.29, 1.82) is 0 Å². The Morgan fingerprint density at radius 3 is 2.50 bits per heavy atom. The molecule has 1 aromatic carbocycles. The molecule has 1 aliphatic rings. The summed E-state index contributed by atoms with van der Waals surface area (Å²) in [6, 6.07) is 7.95. The molecule has 0 aliphatic carbocycles. The van der Waals surface area contributed by atoms with Gasteiger partial charge in [0.1, 0.15) is 0 Å². The smallest absolute Gasteiger partial charge is 0.224 e. The largest absolute Gasteiger partial charge is 0.348 e. The molecule has 4 nitrogen and oxygen atoms in total. The van der Waals surface area contributed by atoms with E-state index in [1.807, 2.05) is 24.3 Å². The highest BCUT2D eigenvalue weighted by atomic mass is 32.1. The number of nitrogens with zero attached hydrogens (tertiary/aromatic N) is 2. The Bertz CT molecular complexity index is 694. The van der Waals surface area contributed by atoms with Crippen molar-refractivity contribution >= 4 is 28.1 Å². The summed E-state index contributed by atoms with van der Waals surface area (Å²) in [7, 11) is 0. The highest BCUT2D eigenvalue weighted by Gasteiger charge is 2.17. The highest BCUT2D eigenvalue weighted by molar-refractivity contribution is 7.14. The standard InChI is InChI=1S/C19H25N3OS/c1-19(2,3)12-17(23)20-15-8-6-14(7-9-15)16-13-24-18(21-16)22-10-4-5-11-22/h6-9,13H,4-5,10-12H2,1-3H3,(H,20,23). The van der Waals surface area contributed by atoms with Crippen LogP contribution in [0.1, 0.15) is 40.0 Å². The summed E-state index contributed by atoms with van der Waals surface area (Å²) in [6.45, 7) is 8.43. The molecular formula is C19H25N3OS. The molecule has 128 valence electrons. The first-order valence-electron chi connectivity index (χ1n) is 8.51. The summed E-state index contributed by atoms with van der Waals surface area (Å²) in [6.07, 6.45) is 3.04. The second kappa shape index (κ2) is 6.93. The molecule has 3 rings (SSSR count). The predicted octanol–water partition coefficient (Wildman–Crippen LogP) is 4.79. The number of thiazole rings is 1. The maximum atomic E-state index is 12.0. The molecule has 5 heteroatoms. The van der Waals surface area contributed by atoms with Gasteiger partial charge >= 0.3 is 0 Å². The van der Waals surface area contributed by atoms with E-state index in [4.69, 9.17) is 4.98 Å². The van der Waals surface area contributed by atoms with Gasteiger partial charge in [-0.3, -0.25) is 4.79 Å². The van der Waals surface area contributed by atoms with Crippen LogP contribution in [-0.4, -0.2) is 24.0 Å². The Balaban J connectivity index is 1.65. The maximum absolute atomic E-state index is 12.0. The highest BCUT2D eigenvalue weighted by Crippen LogP contribution is 2.30. The number of anilines is 2. The van der Waals surface area contributed by atoms with Gasteiger partial charge in [0, 0.05) is 36.1 Å². The molecule has 1 N–H and O–H groups in total. The van der Waals surface area contributed by atoms with Crippen LogP contribution in [0.2, 0.25) is 0 Å². The monoisotopic (exact) mass is 343 g/mol. The zero-order valence-electron chi connectivity index (χ0n) is 14.6. The van der Waals surface area contributed by atoms with Crippen molar-refractivity contribution in [1.82, 2.24) is 4.98 Å². The zero-order chi connectivity index (χ0) is 17.2. The van der Waals surface area contributed by atoms with Crippen LogP contribution in [0.5, 0.6) is 0 Å². The zero-order valence-corrected chi connectivity index (χ0v) is 15.4. The van der Waals surface area contributed by atoms with E-state index in [0.29, 0.717) is 6.42 Å². The van der Waals surface area contributed by atoms with Gasteiger partial charge in [0.15, 0.2) is 5.13 Å². The summed E-state index contributed by atoms with van der Waals surface area (Å²) < 4.78 is 0. The third-order valence-corrected chi connectivity index (χ3v) is 4.93. The average Bonchev–Trinajstić information content (AvgIpc) is 3.17. The molecule has 1 aromatic heterocycles. The van der Waals surface area contributed by atoms with Crippen LogP contribution in [0, 0.1) is 5.41 Å². The fourth-order valence-electron chi connectivity index (χ4n) is 2.86. The minimum absolute atomic E-state index is 0.00338. The predicted molar refractivity (Wildman–Crippen MR) is 102 cm³/mol. The molecule has 1 amide bonds. The molecule has 1 saturated heterocycles. The van der Waals surface area contributed by atoms with E-state index < -0.39 is 0 Å². The Morgan fingerprint density at radius 2 is 1.88 bits per heavy atom. The summed E-state index contributed by atoms with van der Waals surface area (Å²) in [4.78, 5) is 19.1. The van der Waals surface area contributed by atoms with E-state index in [0.717, 1.165) is 35.2 Å². The molecule has 24 heavy (non-hydrogen) atoms. The Morgan fingerprint density at radius 1 is 1.21 bits per heavy atom. The van der Waals surface area contributed by atoms with Crippen molar-refractivity contribution in [2.45, 2.75) is 40.0 Å². The molecule has 1 aliphatic heterocycles. The van der Waals surface area contributed by atoms with Crippen LogP contribution < -0.4 is 10.2 Å². The number of amides is 1. The number of benzene rings is 1. The lowest BCUT2D eigenvalue weighted by Crippen LogP contribution is -2.19. The second-order valence-corrected chi connectivity index (χ2v) is 8.41. The van der Waals surface area contributed by atoms with Crippen LogP contribution in [0.25, 0.3) is 11.3 Å². The summed E-state index contributed by atoms with van der Waals surface area (Å²) in [5.41, 5.74) is 2.93. The lowest BCUT2D eigenvalue weighted by atomic mass is 9.92. The van der Waals surface area contributed by atoms with Crippen LogP contribution in [0.15, 0.2) is 29.6 Å². The van der Waals surface area contributed by atoms with Crippen LogP contribution >= 0.6 is 11.3 Å². The van der Waals surface area contributed by atoms with E-state index in [1.54, 1.807) is 11.3 Å². The number of carbonyl (C=O) groups excluding carboxylic acids is 1. The van der Waals surface area contributed by atoms with Crippen molar-refractivity contribution in [3.8, 4) is 11.3 Å². The number of rotatable bonds is 4. The lowest BCUT2D eigenvalue weighted by Gasteiger charge is -2.17. The van der Waals surface area contributed by atoms with Gasteiger partial charge in [0.05, 0.1) is 5.69 Å². The minimum Gasteiger partial charge on any atom is -0.348 e. The normalized spacial score (nSPS) is 14.9. The van der Waals surface area contributed by atoms with Gasteiger partial charge in [-0.2, -0.15) is 0 Å². The number of carbonyl (C=O) groups is 1. The summed E-state index contributed by atoms with van der Waals surface area (Å²) in [5, 5.41) is 6.19. The van der Waals surface area contributed by atoms with Crippen LogP contribution in [0.3, 0.4) is 0 Å². The first-order chi connectivity index (χ1) is 11.4. The SMILES string of the molecule is CC(C)(C)CC(=O)Nc1ccc(-c2csc(N3CCCC3)n2)cc1. The van der Waals surface area contributed by atoms with E-state index in [1.165, 1.54) is 12.8 Å². The first-order valence-corrected chi connectivity index (χ1v) is 9.39. The number of aromatic nitrogens is 1. The van der Waals surface area contributed by atoms with Crippen molar-refractivity contribution < 1.29 is 4.79 Å². The molecule has 2 heterocycles. The van der Waals surface area contributed by atoms with E-state index in [-0.39, 0.29) is 11.3 Å². The number of nitrogens with one attached hydrogen (secondary N) is 1. The molecule has 0 unspecified atom stereocenters. The van der Waals surface area contributed by atoms with E-state index >= 15 is 0 Å². The third-order valence-electron chi connectivity index (χ3n) is 4.02. The third kappa shape index (κ3) is 4.35. The molecule has 0 spiro atoms. The molecule has 2 aromatic rings. The van der Waals surface area contributed by atoms with Gasteiger partial charge in [-0.05, 0) is 30.4 Å². The lowest BCUT2D eigenvalue weighted by molar-refractivity contribution is -0.117. The van der Waals surface area contributed by atoms with E-state index in [2.05, 4.69) is 36.4 Å². The fraction of sp³-hybridized carbons (Fsp3) is 0.474. The van der Waals surface area contributed by atoms with Gasteiger partial charge in [-0.1, -0.05) is 32.9 Å². The van der Waals surface area contributed by atoms with Crippen molar-refractivity contribution in [2.24, 2.45) is 5.41 Å². The van der Waals surface area contributed by atoms with Gasteiger partial charge in [-0.25, -0.2) is 4.98 Å². The minimum atomic E-state index is -0.00338. The number of hydrogen-bond donors (Lipinski definition) is 1. The quantitative estimate of drug-likeness (QED) is 0.868. The molecule has 1 fully saturated rings. The molecule has 0 bridgehead atoms. The van der Waals surface area contributed by atoms with Crippen LogP contribution in [0.4, 0.5) is 10.8 Å². The maximum Gasteiger partial charge on any atom is 0.224 e. The Labute approximate surface area is 147 Å². The van der Waals surface area contributed by atoms with Crippen LogP contribution in [-0.2, 0) is 4.79 Å². The number of hydrogen-bond acceptors (Lipinski definition) is 4. The van der Waals surface area contributed by atoms with Gasteiger partial charge in [-0.15, -0.1) is 11.3 Å². The topological polar surface area (TPSA) is 45.2 Å². The van der Waals surface area contributed by atoms with Gasteiger partial charge < -0.3 is 10.2 Å². The van der Waals surface area contributed by atoms with Gasteiger partial charge in [0.25, 0.3) is 0 Å². The fourth-order valence-corrected chi connectivity index (χ4v) is 3.75.